The predicted octanol–water partition coefficient (Wildman–Crippen LogP) is 2.95. The number of aliphatic imine (C=N–C) groups is 1. The molecule has 0 radical (unpaired) electrons. The van der Waals surface area contributed by atoms with Crippen LogP contribution in [0.5, 0.6) is 0 Å². The van der Waals surface area contributed by atoms with E-state index in [2.05, 4.69) is 58.1 Å². The monoisotopic (exact) mass is 454 g/mol. The zero-order valence-corrected chi connectivity index (χ0v) is 18.0. The first-order valence-corrected chi connectivity index (χ1v) is 8.82. The van der Waals surface area contributed by atoms with E-state index in [1.807, 2.05) is 0 Å². The Kier molecular flexibility index (Phi) is 12.8. The number of rotatable bonds is 9. The van der Waals surface area contributed by atoms with Gasteiger partial charge in [-0.3, -0.25) is 9.89 Å². The molecule has 1 rings (SSSR count). The van der Waals surface area contributed by atoms with Crippen LogP contribution in [0.2, 0.25) is 0 Å². The van der Waals surface area contributed by atoms with E-state index < -0.39 is 0 Å². The van der Waals surface area contributed by atoms with Gasteiger partial charge in [-0.15, -0.1) is 24.0 Å². The molecule has 2 N–H and O–H groups in total. The summed E-state index contributed by atoms with van der Waals surface area (Å²) >= 11 is 1.75. The molecular weight excluding hydrogens is 423 g/mol. The van der Waals surface area contributed by atoms with Gasteiger partial charge in [0.25, 0.3) is 0 Å². The summed E-state index contributed by atoms with van der Waals surface area (Å²) in [6.07, 6.45) is 0. The SMILES string of the molecule is CCN(CC)C(CNC(=NC)NC(C)COC)c1ccsc1.I. The van der Waals surface area contributed by atoms with Gasteiger partial charge in [0, 0.05) is 26.7 Å². The van der Waals surface area contributed by atoms with E-state index in [4.69, 9.17) is 4.74 Å². The fourth-order valence-corrected chi connectivity index (χ4v) is 3.21. The normalized spacial score (nSPS) is 14.3. The van der Waals surface area contributed by atoms with Crippen LogP contribution in [0.25, 0.3) is 0 Å². The first-order chi connectivity index (χ1) is 10.7. The summed E-state index contributed by atoms with van der Waals surface area (Å²) in [5, 5.41) is 11.2. The van der Waals surface area contributed by atoms with Crippen LogP contribution in [0.3, 0.4) is 0 Å². The van der Waals surface area contributed by atoms with Gasteiger partial charge in [0.15, 0.2) is 5.96 Å². The number of hydrogen-bond acceptors (Lipinski definition) is 4. The van der Waals surface area contributed by atoms with Crippen molar-refractivity contribution in [2.45, 2.75) is 32.9 Å². The van der Waals surface area contributed by atoms with Gasteiger partial charge in [-0.1, -0.05) is 13.8 Å². The second-order valence-electron chi connectivity index (χ2n) is 5.25. The van der Waals surface area contributed by atoms with Gasteiger partial charge in [0.05, 0.1) is 12.6 Å². The summed E-state index contributed by atoms with van der Waals surface area (Å²) in [4.78, 5) is 6.76. The summed E-state index contributed by atoms with van der Waals surface area (Å²) in [6.45, 7) is 10.0. The fraction of sp³-hybridized carbons (Fsp3) is 0.688. The fourth-order valence-electron chi connectivity index (χ4n) is 2.50. The molecule has 0 spiro atoms. The van der Waals surface area contributed by atoms with E-state index in [0.717, 1.165) is 25.6 Å². The third kappa shape index (κ3) is 7.82. The van der Waals surface area contributed by atoms with Gasteiger partial charge in [-0.05, 0) is 42.4 Å². The number of nitrogens with one attached hydrogen (secondary N) is 2. The molecule has 0 aliphatic rings. The molecule has 0 saturated carbocycles. The molecule has 0 aliphatic carbocycles. The molecule has 1 aromatic heterocycles. The number of hydrogen-bond donors (Lipinski definition) is 2. The van der Waals surface area contributed by atoms with E-state index in [9.17, 15) is 0 Å². The predicted molar refractivity (Wildman–Crippen MR) is 111 cm³/mol. The molecule has 0 aliphatic heterocycles. The van der Waals surface area contributed by atoms with Gasteiger partial charge in [0.1, 0.15) is 0 Å². The second kappa shape index (κ2) is 13.0. The maximum Gasteiger partial charge on any atom is 0.191 e. The summed E-state index contributed by atoms with van der Waals surface area (Å²) in [5.74, 6) is 0.817. The number of methoxy groups -OCH3 is 1. The smallest absolute Gasteiger partial charge is 0.191 e. The Morgan fingerprint density at radius 1 is 1.39 bits per heavy atom. The molecule has 134 valence electrons. The van der Waals surface area contributed by atoms with Crippen LogP contribution in [0.15, 0.2) is 21.8 Å². The van der Waals surface area contributed by atoms with E-state index >= 15 is 0 Å². The van der Waals surface area contributed by atoms with Crippen LogP contribution in [-0.2, 0) is 4.74 Å². The van der Waals surface area contributed by atoms with Crippen molar-refractivity contribution < 1.29 is 4.74 Å². The Morgan fingerprint density at radius 3 is 2.57 bits per heavy atom. The van der Waals surface area contributed by atoms with Crippen molar-refractivity contribution in [2.75, 3.05) is 40.4 Å². The first kappa shape index (κ1) is 22.6. The van der Waals surface area contributed by atoms with Crippen LogP contribution in [0.1, 0.15) is 32.4 Å². The molecule has 5 nitrogen and oxygen atoms in total. The van der Waals surface area contributed by atoms with Crippen molar-refractivity contribution in [3.63, 3.8) is 0 Å². The Bertz CT molecular complexity index is 424. The van der Waals surface area contributed by atoms with Gasteiger partial charge in [-0.25, -0.2) is 0 Å². The zero-order chi connectivity index (χ0) is 16.4. The molecule has 0 bridgehead atoms. The summed E-state index contributed by atoms with van der Waals surface area (Å²) in [5.41, 5.74) is 1.36. The maximum absolute atomic E-state index is 5.15. The van der Waals surface area contributed by atoms with Gasteiger partial charge >= 0.3 is 0 Å². The first-order valence-electron chi connectivity index (χ1n) is 7.88. The van der Waals surface area contributed by atoms with Crippen molar-refractivity contribution in [1.82, 2.24) is 15.5 Å². The van der Waals surface area contributed by atoms with Crippen LogP contribution in [0.4, 0.5) is 0 Å². The molecule has 1 aromatic rings. The minimum Gasteiger partial charge on any atom is -0.383 e. The number of ether oxygens (including phenoxy) is 1. The molecule has 2 atom stereocenters. The highest BCUT2D eigenvalue weighted by molar-refractivity contribution is 14.0. The van der Waals surface area contributed by atoms with E-state index in [1.54, 1.807) is 25.5 Å². The van der Waals surface area contributed by atoms with Crippen LogP contribution in [-0.4, -0.2) is 57.3 Å². The Hall–Kier alpha value is -0.380. The number of likely N-dealkylation sites (N-methyl/N-ethyl adjacent to an activating group) is 1. The average Bonchev–Trinajstić information content (AvgIpc) is 3.04. The molecule has 23 heavy (non-hydrogen) atoms. The molecular formula is C16H31IN4OS. The van der Waals surface area contributed by atoms with E-state index in [-0.39, 0.29) is 30.0 Å². The van der Waals surface area contributed by atoms with Gasteiger partial charge in [0.2, 0.25) is 0 Å². The lowest BCUT2D eigenvalue weighted by molar-refractivity contribution is 0.178. The highest BCUT2D eigenvalue weighted by Crippen LogP contribution is 2.22. The van der Waals surface area contributed by atoms with E-state index in [1.165, 1.54) is 5.56 Å². The summed E-state index contributed by atoms with van der Waals surface area (Å²) < 4.78 is 5.15. The lowest BCUT2D eigenvalue weighted by Gasteiger charge is -2.30. The third-order valence-corrected chi connectivity index (χ3v) is 4.37. The zero-order valence-electron chi connectivity index (χ0n) is 14.8. The van der Waals surface area contributed by atoms with Crippen molar-refractivity contribution in [3.05, 3.63) is 22.4 Å². The molecule has 7 heteroatoms. The quantitative estimate of drug-likeness (QED) is 0.342. The Balaban J connectivity index is 0.00000484. The van der Waals surface area contributed by atoms with Crippen LogP contribution >= 0.6 is 35.3 Å². The maximum atomic E-state index is 5.15. The molecule has 2 unspecified atom stereocenters. The Morgan fingerprint density at radius 2 is 2.09 bits per heavy atom. The summed E-state index contributed by atoms with van der Waals surface area (Å²) in [7, 11) is 3.51. The second-order valence-corrected chi connectivity index (χ2v) is 6.03. The highest BCUT2D eigenvalue weighted by Gasteiger charge is 2.19. The van der Waals surface area contributed by atoms with Crippen LogP contribution < -0.4 is 10.6 Å². The molecule has 0 saturated heterocycles. The van der Waals surface area contributed by atoms with Crippen molar-refractivity contribution in [3.8, 4) is 0 Å². The molecule has 0 aromatic carbocycles. The number of halogens is 1. The lowest BCUT2D eigenvalue weighted by atomic mass is 10.1. The van der Waals surface area contributed by atoms with E-state index in [0.29, 0.717) is 12.6 Å². The number of guanidine groups is 1. The minimum atomic E-state index is 0. The molecule has 0 amide bonds. The average molecular weight is 454 g/mol. The van der Waals surface area contributed by atoms with Crippen molar-refractivity contribution >= 4 is 41.3 Å². The molecule has 0 fully saturated rings. The lowest BCUT2D eigenvalue weighted by Crippen LogP contribution is -2.47. The van der Waals surface area contributed by atoms with Crippen molar-refractivity contribution in [2.24, 2.45) is 4.99 Å². The standard InChI is InChI=1S/C16H30N4OS.HI/c1-6-20(7-2)15(14-8-9-22-12-14)10-18-16(17-4)19-13(3)11-21-5;/h8-9,12-13,15H,6-7,10-11H2,1-5H3,(H2,17,18,19);1H. The molecule has 1 heterocycles. The third-order valence-electron chi connectivity index (χ3n) is 3.67. The summed E-state index contributed by atoms with van der Waals surface area (Å²) in [6, 6.07) is 2.79. The topological polar surface area (TPSA) is 48.9 Å². The number of nitrogens with zero attached hydrogens (tertiary/aromatic N) is 2. The van der Waals surface area contributed by atoms with Crippen LogP contribution in [0, 0.1) is 0 Å². The highest BCUT2D eigenvalue weighted by atomic mass is 127. The van der Waals surface area contributed by atoms with Crippen molar-refractivity contribution in [1.29, 1.82) is 0 Å². The van der Waals surface area contributed by atoms with Gasteiger partial charge in [-0.2, -0.15) is 11.3 Å². The number of thiophene rings is 1. The largest absolute Gasteiger partial charge is 0.383 e. The van der Waals surface area contributed by atoms with Gasteiger partial charge < -0.3 is 15.4 Å². The minimum absolute atomic E-state index is 0. The Labute approximate surface area is 161 Å².